The van der Waals surface area contributed by atoms with E-state index in [0.29, 0.717) is 11.3 Å². The highest BCUT2D eigenvalue weighted by molar-refractivity contribution is 5.91. The zero-order valence-electron chi connectivity index (χ0n) is 17.7. The molecule has 2 heterocycles. The standard InChI is InChI=1S/C24H24O7/c1-11(2)7-13-16(25)6-5-12(21(13)26)15-10-30-18-9-17-14(22(27)20(18)23(15)28)8-19(31-17)24(3,4)29/h5-7,9-10,19,25-27,29H,8H2,1-4H3/t19-/m0/s1. The summed E-state index contributed by atoms with van der Waals surface area (Å²) in [6.45, 7) is 6.86. The molecule has 0 bridgehead atoms. The van der Waals surface area contributed by atoms with Crippen LogP contribution in [0.1, 0.15) is 38.8 Å². The zero-order chi connectivity index (χ0) is 22.7. The Kier molecular flexibility index (Phi) is 4.74. The predicted octanol–water partition coefficient (Wildman–Crippen LogP) is 4.07. The Morgan fingerprint density at radius 2 is 1.84 bits per heavy atom. The van der Waals surface area contributed by atoms with Gasteiger partial charge in [0.05, 0.1) is 16.7 Å². The number of fused-ring (bicyclic) bond motifs is 2. The molecule has 1 aliphatic heterocycles. The summed E-state index contributed by atoms with van der Waals surface area (Å²) in [4.78, 5) is 13.3. The molecular formula is C24H24O7. The summed E-state index contributed by atoms with van der Waals surface area (Å²) in [5.41, 5.74) is 0.137. The molecule has 31 heavy (non-hydrogen) atoms. The number of phenols is 3. The van der Waals surface area contributed by atoms with Crippen molar-refractivity contribution in [2.75, 3.05) is 0 Å². The third-order valence-electron chi connectivity index (χ3n) is 5.47. The van der Waals surface area contributed by atoms with E-state index in [-0.39, 0.29) is 51.3 Å². The first-order chi connectivity index (χ1) is 14.5. The molecule has 0 fully saturated rings. The second kappa shape index (κ2) is 7.06. The number of aromatic hydroxyl groups is 3. The van der Waals surface area contributed by atoms with Crippen molar-refractivity contribution in [3.8, 4) is 34.1 Å². The van der Waals surface area contributed by atoms with Crippen LogP contribution in [0.2, 0.25) is 0 Å². The van der Waals surface area contributed by atoms with Crippen LogP contribution in [0.4, 0.5) is 0 Å². The number of aliphatic hydroxyl groups is 1. The van der Waals surface area contributed by atoms with Crippen LogP contribution in [0, 0.1) is 0 Å². The lowest BCUT2D eigenvalue weighted by molar-refractivity contribution is -0.0229. The molecule has 0 saturated carbocycles. The van der Waals surface area contributed by atoms with Crippen molar-refractivity contribution in [1.82, 2.24) is 0 Å². The molecule has 2 aromatic carbocycles. The number of benzene rings is 2. The molecule has 7 nitrogen and oxygen atoms in total. The van der Waals surface area contributed by atoms with Gasteiger partial charge in [-0.2, -0.15) is 0 Å². The first-order valence-electron chi connectivity index (χ1n) is 9.88. The third kappa shape index (κ3) is 3.41. The van der Waals surface area contributed by atoms with E-state index in [1.807, 2.05) is 13.8 Å². The average Bonchev–Trinajstić information content (AvgIpc) is 3.11. The van der Waals surface area contributed by atoms with E-state index < -0.39 is 17.1 Å². The molecular weight excluding hydrogens is 400 g/mol. The van der Waals surface area contributed by atoms with Crippen LogP contribution in [-0.4, -0.2) is 32.1 Å². The highest BCUT2D eigenvalue weighted by Gasteiger charge is 2.37. The van der Waals surface area contributed by atoms with Crippen LogP contribution >= 0.6 is 0 Å². The van der Waals surface area contributed by atoms with E-state index in [0.717, 1.165) is 5.57 Å². The van der Waals surface area contributed by atoms with E-state index in [9.17, 15) is 25.2 Å². The molecule has 1 aromatic heterocycles. The van der Waals surface area contributed by atoms with E-state index in [1.54, 1.807) is 19.9 Å². The topological polar surface area (TPSA) is 120 Å². The number of ether oxygens (including phenoxy) is 1. The molecule has 162 valence electrons. The van der Waals surface area contributed by atoms with Gasteiger partial charge in [0.2, 0.25) is 5.43 Å². The summed E-state index contributed by atoms with van der Waals surface area (Å²) in [6.07, 6.45) is 2.47. The van der Waals surface area contributed by atoms with Gasteiger partial charge >= 0.3 is 0 Å². The molecule has 0 saturated heterocycles. The van der Waals surface area contributed by atoms with Crippen molar-refractivity contribution < 1.29 is 29.6 Å². The molecule has 1 aliphatic rings. The lowest BCUT2D eigenvalue weighted by Crippen LogP contribution is -2.39. The van der Waals surface area contributed by atoms with Gasteiger partial charge in [0, 0.05) is 23.6 Å². The molecule has 4 N–H and O–H groups in total. The Bertz CT molecular complexity index is 1290. The summed E-state index contributed by atoms with van der Waals surface area (Å²) >= 11 is 0. The fourth-order valence-electron chi connectivity index (χ4n) is 3.79. The van der Waals surface area contributed by atoms with Crippen molar-refractivity contribution in [2.45, 2.75) is 45.8 Å². The van der Waals surface area contributed by atoms with Crippen LogP contribution in [0.5, 0.6) is 23.0 Å². The minimum Gasteiger partial charge on any atom is -0.507 e. The summed E-state index contributed by atoms with van der Waals surface area (Å²) < 4.78 is 11.4. The van der Waals surface area contributed by atoms with E-state index in [1.165, 1.54) is 24.5 Å². The zero-order valence-corrected chi connectivity index (χ0v) is 17.7. The van der Waals surface area contributed by atoms with Crippen LogP contribution in [0.15, 0.2) is 39.2 Å². The van der Waals surface area contributed by atoms with Gasteiger partial charge in [-0.1, -0.05) is 5.57 Å². The SMILES string of the molecule is CC(C)=Cc1c(O)ccc(-c2coc3cc4c(c(O)c3c2=O)C[C@@H](C(C)(C)O)O4)c1O. The maximum absolute atomic E-state index is 13.3. The molecule has 7 heteroatoms. The van der Waals surface area contributed by atoms with Gasteiger partial charge in [0.15, 0.2) is 0 Å². The lowest BCUT2D eigenvalue weighted by Gasteiger charge is -2.24. The normalized spacial score (nSPS) is 15.6. The van der Waals surface area contributed by atoms with Crippen molar-refractivity contribution in [3.63, 3.8) is 0 Å². The maximum Gasteiger partial charge on any atom is 0.204 e. The number of hydrogen-bond acceptors (Lipinski definition) is 7. The van der Waals surface area contributed by atoms with Crippen molar-refractivity contribution in [3.05, 3.63) is 51.4 Å². The summed E-state index contributed by atoms with van der Waals surface area (Å²) in [5.74, 6) is -0.300. The summed E-state index contributed by atoms with van der Waals surface area (Å²) in [6, 6.07) is 4.33. The Morgan fingerprint density at radius 3 is 2.48 bits per heavy atom. The van der Waals surface area contributed by atoms with Gasteiger partial charge in [-0.15, -0.1) is 0 Å². The van der Waals surface area contributed by atoms with E-state index in [2.05, 4.69) is 0 Å². The van der Waals surface area contributed by atoms with Crippen molar-refractivity contribution in [1.29, 1.82) is 0 Å². The van der Waals surface area contributed by atoms with Gasteiger partial charge in [0.1, 0.15) is 46.3 Å². The smallest absolute Gasteiger partial charge is 0.204 e. The maximum atomic E-state index is 13.3. The largest absolute Gasteiger partial charge is 0.507 e. The number of phenolic OH excluding ortho intramolecular Hbond substituents is 3. The van der Waals surface area contributed by atoms with Crippen molar-refractivity contribution >= 4 is 17.0 Å². The monoisotopic (exact) mass is 424 g/mol. The lowest BCUT2D eigenvalue weighted by atomic mass is 9.95. The van der Waals surface area contributed by atoms with Crippen molar-refractivity contribution in [2.24, 2.45) is 0 Å². The fraction of sp³-hybridized carbons (Fsp3) is 0.292. The first kappa shape index (κ1) is 20.8. The number of allylic oxidation sites excluding steroid dienone is 1. The quantitative estimate of drug-likeness (QED) is 0.500. The van der Waals surface area contributed by atoms with E-state index >= 15 is 0 Å². The Hall–Kier alpha value is -3.45. The van der Waals surface area contributed by atoms with Crippen LogP contribution < -0.4 is 10.2 Å². The molecule has 0 aliphatic carbocycles. The van der Waals surface area contributed by atoms with Gasteiger partial charge in [-0.25, -0.2) is 0 Å². The van der Waals surface area contributed by atoms with Gasteiger partial charge in [-0.3, -0.25) is 4.79 Å². The second-order valence-corrected chi connectivity index (χ2v) is 8.63. The predicted molar refractivity (Wildman–Crippen MR) is 117 cm³/mol. The minimum absolute atomic E-state index is 0.0347. The molecule has 1 atom stereocenters. The molecule has 0 spiro atoms. The Balaban J connectivity index is 1.92. The highest BCUT2D eigenvalue weighted by Crippen LogP contribution is 2.43. The van der Waals surface area contributed by atoms with Crippen LogP contribution in [-0.2, 0) is 6.42 Å². The fourth-order valence-corrected chi connectivity index (χ4v) is 3.79. The number of hydrogen-bond donors (Lipinski definition) is 4. The average molecular weight is 424 g/mol. The molecule has 3 aromatic rings. The van der Waals surface area contributed by atoms with Crippen LogP contribution in [0.25, 0.3) is 28.2 Å². The van der Waals surface area contributed by atoms with E-state index in [4.69, 9.17) is 9.15 Å². The Morgan fingerprint density at radius 1 is 1.13 bits per heavy atom. The highest BCUT2D eigenvalue weighted by atomic mass is 16.5. The number of rotatable bonds is 3. The minimum atomic E-state index is -1.14. The summed E-state index contributed by atoms with van der Waals surface area (Å²) in [5, 5.41) is 41.9. The summed E-state index contributed by atoms with van der Waals surface area (Å²) in [7, 11) is 0. The molecule has 0 unspecified atom stereocenters. The third-order valence-corrected chi connectivity index (χ3v) is 5.47. The second-order valence-electron chi connectivity index (χ2n) is 8.63. The van der Waals surface area contributed by atoms with Gasteiger partial charge in [0.25, 0.3) is 0 Å². The van der Waals surface area contributed by atoms with Gasteiger partial charge in [-0.05, 0) is 45.9 Å². The molecule has 0 amide bonds. The first-order valence-corrected chi connectivity index (χ1v) is 9.88. The van der Waals surface area contributed by atoms with Gasteiger partial charge < -0.3 is 29.6 Å². The Labute approximate surface area is 178 Å². The molecule has 0 radical (unpaired) electrons. The molecule has 4 rings (SSSR count). The van der Waals surface area contributed by atoms with Crippen LogP contribution in [0.3, 0.4) is 0 Å².